The van der Waals surface area contributed by atoms with Crippen LogP contribution in [0.2, 0.25) is 0 Å². The average molecular weight is 181 g/mol. The van der Waals surface area contributed by atoms with Gasteiger partial charge < -0.3 is 15.2 Å². The van der Waals surface area contributed by atoms with Crippen molar-refractivity contribution in [1.29, 1.82) is 0 Å². The number of hydrogen-bond donors (Lipinski definition) is 1. The SMILES string of the molecule is COC(C)Oc1ccc(CN)cc1. The molecule has 3 nitrogen and oxygen atoms in total. The van der Waals surface area contributed by atoms with Crippen molar-refractivity contribution in [3.8, 4) is 5.75 Å². The van der Waals surface area contributed by atoms with Crippen LogP contribution in [0.25, 0.3) is 0 Å². The molecular weight excluding hydrogens is 166 g/mol. The zero-order valence-electron chi connectivity index (χ0n) is 7.99. The van der Waals surface area contributed by atoms with Crippen molar-refractivity contribution in [3.63, 3.8) is 0 Å². The maximum Gasteiger partial charge on any atom is 0.196 e. The van der Waals surface area contributed by atoms with Crippen LogP contribution in [0.4, 0.5) is 0 Å². The lowest BCUT2D eigenvalue weighted by Gasteiger charge is -2.12. The topological polar surface area (TPSA) is 44.5 Å². The summed E-state index contributed by atoms with van der Waals surface area (Å²) in [5, 5.41) is 0. The Morgan fingerprint density at radius 3 is 2.38 bits per heavy atom. The summed E-state index contributed by atoms with van der Waals surface area (Å²) in [6, 6.07) is 7.66. The van der Waals surface area contributed by atoms with Crippen molar-refractivity contribution >= 4 is 0 Å². The van der Waals surface area contributed by atoms with Crippen LogP contribution < -0.4 is 10.5 Å². The minimum absolute atomic E-state index is 0.219. The Morgan fingerprint density at radius 2 is 1.92 bits per heavy atom. The van der Waals surface area contributed by atoms with Crippen molar-refractivity contribution < 1.29 is 9.47 Å². The molecular formula is C10H15NO2. The predicted molar refractivity (Wildman–Crippen MR) is 51.4 cm³/mol. The van der Waals surface area contributed by atoms with E-state index in [0.29, 0.717) is 6.54 Å². The Bertz CT molecular complexity index is 246. The van der Waals surface area contributed by atoms with E-state index in [9.17, 15) is 0 Å². The summed E-state index contributed by atoms with van der Waals surface area (Å²) in [4.78, 5) is 0. The van der Waals surface area contributed by atoms with Gasteiger partial charge in [-0.3, -0.25) is 0 Å². The molecule has 1 rings (SSSR count). The Labute approximate surface area is 78.5 Å². The van der Waals surface area contributed by atoms with Crippen molar-refractivity contribution in [1.82, 2.24) is 0 Å². The molecule has 1 aromatic rings. The lowest BCUT2D eigenvalue weighted by molar-refractivity contribution is -0.0382. The van der Waals surface area contributed by atoms with Crippen LogP contribution in [0.15, 0.2) is 24.3 Å². The fraction of sp³-hybridized carbons (Fsp3) is 0.400. The van der Waals surface area contributed by atoms with Gasteiger partial charge >= 0.3 is 0 Å². The Hall–Kier alpha value is -1.06. The molecule has 0 spiro atoms. The Kier molecular flexibility index (Phi) is 3.73. The van der Waals surface area contributed by atoms with Crippen molar-refractivity contribution in [2.24, 2.45) is 5.73 Å². The molecule has 0 radical (unpaired) electrons. The standard InChI is InChI=1S/C10H15NO2/c1-8(12-2)13-10-5-3-9(7-11)4-6-10/h3-6,8H,7,11H2,1-2H3. The number of rotatable bonds is 4. The molecule has 0 heterocycles. The highest BCUT2D eigenvalue weighted by atomic mass is 16.7. The first-order chi connectivity index (χ1) is 6.26. The molecule has 0 aliphatic rings. The smallest absolute Gasteiger partial charge is 0.196 e. The maximum atomic E-state index is 5.46. The van der Waals surface area contributed by atoms with Gasteiger partial charge in [0.25, 0.3) is 0 Å². The highest BCUT2D eigenvalue weighted by molar-refractivity contribution is 5.27. The van der Waals surface area contributed by atoms with E-state index >= 15 is 0 Å². The van der Waals surface area contributed by atoms with Gasteiger partial charge in [-0.15, -0.1) is 0 Å². The van der Waals surface area contributed by atoms with E-state index in [4.69, 9.17) is 15.2 Å². The summed E-state index contributed by atoms with van der Waals surface area (Å²) in [7, 11) is 1.61. The van der Waals surface area contributed by atoms with E-state index in [-0.39, 0.29) is 6.29 Å². The first-order valence-electron chi connectivity index (χ1n) is 4.24. The fourth-order valence-corrected chi connectivity index (χ4v) is 0.944. The molecule has 0 saturated carbocycles. The fourth-order valence-electron chi connectivity index (χ4n) is 0.944. The highest BCUT2D eigenvalue weighted by Crippen LogP contribution is 2.13. The highest BCUT2D eigenvalue weighted by Gasteiger charge is 2.00. The van der Waals surface area contributed by atoms with Crippen LogP contribution in [0.3, 0.4) is 0 Å². The van der Waals surface area contributed by atoms with Crippen molar-refractivity contribution in [2.45, 2.75) is 19.8 Å². The number of ether oxygens (including phenoxy) is 2. The van der Waals surface area contributed by atoms with Gasteiger partial charge in [-0.25, -0.2) is 0 Å². The van der Waals surface area contributed by atoms with Crippen LogP contribution >= 0.6 is 0 Å². The molecule has 1 unspecified atom stereocenters. The third-order valence-electron chi connectivity index (χ3n) is 1.79. The molecule has 0 saturated heterocycles. The number of benzene rings is 1. The second-order valence-corrected chi connectivity index (χ2v) is 2.77. The predicted octanol–water partition coefficient (Wildman–Crippen LogP) is 1.52. The Morgan fingerprint density at radius 1 is 1.31 bits per heavy atom. The van der Waals surface area contributed by atoms with Gasteiger partial charge in [0.15, 0.2) is 6.29 Å². The molecule has 2 N–H and O–H groups in total. The maximum absolute atomic E-state index is 5.46. The van der Waals surface area contributed by atoms with Gasteiger partial charge in [-0.05, 0) is 24.6 Å². The molecule has 0 fully saturated rings. The minimum Gasteiger partial charge on any atom is -0.465 e. The van der Waals surface area contributed by atoms with E-state index < -0.39 is 0 Å². The Balaban J connectivity index is 2.58. The van der Waals surface area contributed by atoms with Crippen molar-refractivity contribution in [3.05, 3.63) is 29.8 Å². The summed E-state index contributed by atoms with van der Waals surface area (Å²) >= 11 is 0. The zero-order chi connectivity index (χ0) is 9.68. The van der Waals surface area contributed by atoms with Crippen LogP contribution in [0.1, 0.15) is 12.5 Å². The van der Waals surface area contributed by atoms with Crippen LogP contribution in [-0.4, -0.2) is 13.4 Å². The number of hydrogen-bond acceptors (Lipinski definition) is 3. The average Bonchev–Trinajstić information content (AvgIpc) is 2.19. The van der Waals surface area contributed by atoms with Gasteiger partial charge in [0.2, 0.25) is 0 Å². The monoisotopic (exact) mass is 181 g/mol. The van der Waals surface area contributed by atoms with Gasteiger partial charge in [0.1, 0.15) is 5.75 Å². The second kappa shape index (κ2) is 4.84. The van der Waals surface area contributed by atoms with E-state index in [2.05, 4.69) is 0 Å². The molecule has 72 valence electrons. The summed E-state index contributed by atoms with van der Waals surface area (Å²) in [6.07, 6.45) is -0.219. The van der Waals surface area contributed by atoms with Crippen LogP contribution in [0.5, 0.6) is 5.75 Å². The summed E-state index contributed by atoms with van der Waals surface area (Å²) in [6.45, 7) is 2.40. The van der Waals surface area contributed by atoms with E-state index in [1.807, 2.05) is 31.2 Å². The zero-order valence-corrected chi connectivity index (χ0v) is 7.99. The molecule has 1 atom stereocenters. The molecule has 0 amide bonds. The number of nitrogens with two attached hydrogens (primary N) is 1. The van der Waals surface area contributed by atoms with Crippen LogP contribution in [0, 0.1) is 0 Å². The third-order valence-corrected chi connectivity index (χ3v) is 1.79. The molecule has 13 heavy (non-hydrogen) atoms. The largest absolute Gasteiger partial charge is 0.465 e. The molecule has 0 aliphatic heterocycles. The lowest BCUT2D eigenvalue weighted by atomic mass is 10.2. The van der Waals surface area contributed by atoms with Crippen molar-refractivity contribution in [2.75, 3.05) is 7.11 Å². The van der Waals surface area contributed by atoms with Crippen LogP contribution in [-0.2, 0) is 11.3 Å². The number of methoxy groups -OCH3 is 1. The van der Waals surface area contributed by atoms with E-state index in [0.717, 1.165) is 11.3 Å². The molecule has 0 aromatic heterocycles. The summed E-state index contributed by atoms with van der Waals surface area (Å²) < 4.78 is 10.4. The molecule has 0 bridgehead atoms. The second-order valence-electron chi connectivity index (χ2n) is 2.77. The molecule has 3 heteroatoms. The minimum atomic E-state index is -0.219. The molecule has 0 aliphatic carbocycles. The van der Waals surface area contributed by atoms with E-state index in [1.165, 1.54) is 0 Å². The van der Waals surface area contributed by atoms with Gasteiger partial charge in [0.05, 0.1) is 0 Å². The third kappa shape index (κ3) is 3.05. The van der Waals surface area contributed by atoms with Gasteiger partial charge in [-0.1, -0.05) is 12.1 Å². The summed E-state index contributed by atoms with van der Waals surface area (Å²) in [5.41, 5.74) is 6.56. The molecule has 1 aromatic carbocycles. The first-order valence-corrected chi connectivity index (χ1v) is 4.24. The summed E-state index contributed by atoms with van der Waals surface area (Å²) in [5.74, 6) is 0.798. The lowest BCUT2D eigenvalue weighted by Crippen LogP contribution is -2.13. The van der Waals surface area contributed by atoms with E-state index in [1.54, 1.807) is 7.11 Å². The van der Waals surface area contributed by atoms with Gasteiger partial charge in [0, 0.05) is 13.7 Å². The first kappa shape index (κ1) is 10.0. The quantitative estimate of drug-likeness (QED) is 0.716. The normalized spacial score (nSPS) is 12.5. The van der Waals surface area contributed by atoms with Gasteiger partial charge in [-0.2, -0.15) is 0 Å².